The highest BCUT2D eigenvalue weighted by atomic mass is 32.2. The zero-order valence-electron chi connectivity index (χ0n) is 14.0. The van der Waals surface area contributed by atoms with E-state index in [0.29, 0.717) is 21.2 Å². The smallest absolute Gasteiger partial charge is 0.260 e. The second-order valence-corrected chi connectivity index (χ2v) is 7.44. The van der Waals surface area contributed by atoms with Crippen molar-refractivity contribution in [3.05, 3.63) is 70.5 Å². The molecule has 0 unspecified atom stereocenters. The van der Waals surface area contributed by atoms with Crippen molar-refractivity contribution >= 4 is 45.0 Å². The topological polar surface area (TPSA) is 87.7 Å². The summed E-state index contributed by atoms with van der Waals surface area (Å²) in [5.74, 6) is 0.408. The summed E-state index contributed by atoms with van der Waals surface area (Å²) in [4.78, 5) is 36.6. The number of anilines is 1. The van der Waals surface area contributed by atoms with Crippen molar-refractivity contribution in [3.8, 4) is 11.1 Å². The van der Waals surface area contributed by atoms with E-state index in [1.807, 2.05) is 35.7 Å². The van der Waals surface area contributed by atoms with Crippen molar-refractivity contribution in [1.82, 2.24) is 15.0 Å². The Labute approximate surface area is 162 Å². The Morgan fingerprint density at radius 1 is 1.15 bits per heavy atom. The largest absolute Gasteiger partial charge is 0.310 e. The molecule has 0 spiro atoms. The van der Waals surface area contributed by atoms with Gasteiger partial charge in [0, 0.05) is 17.1 Å². The maximum Gasteiger partial charge on any atom is 0.260 e. The SMILES string of the molecule is O=C(CSc1nc2scc(-c3ccccc3)c2c(=O)[nH]1)Nc1ccccn1. The zero-order valence-corrected chi connectivity index (χ0v) is 15.6. The summed E-state index contributed by atoms with van der Waals surface area (Å²) in [7, 11) is 0. The van der Waals surface area contributed by atoms with Crippen LogP contribution in [0.4, 0.5) is 5.82 Å². The third kappa shape index (κ3) is 3.91. The lowest BCUT2D eigenvalue weighted by Crippen LogP contribution is -2.16. The van der Waals surface area contributed by atoms with Crippen molar-refractivity contribution in [1.29, 1.82) is 0 Å². The molecule has 134 valence electrons. The van der Waals surface area contributed by atoms with Gasteiger partial charge < -0.3 is 10.3 Å². The third-order valence-corrected chi connectivity index (χ3v) is 5.52. The molecule has 0 aliphatic heterocycles. The van der Waals surface area contributed by atoms with E-state index in [1.54, 1.807) is 24.4 Å². The van der Waals surface area contributed by atoms with Gasteiger partial charge in [-0.2, -0.15) is 0 Å². The molecule has 1 aromatic carbocycles. The Bertz CT molecular complexity index is 1140. The van der Waals surface area contributed by atoms with E-state index in [2.05, 4.69) is 20.3 Å². The number of hydrogen-bond donors (Lipinski definition) is 2. The number of rotatable bonds is 5. The number of carbonyl (C=O) groups is 1. The number of thiophene rings is 1. The summed E-state index contributed by atoms with van der Waals surface area (Å²) in [5.41, 5.74) is 1.65. The van der Waals surface area contributed by atoms with Crippen molar-refractivity contribution in [2.45, 2.75) is 5.16 Å². The minimum absolute atomic E-state index is 0.127. The van der Waals surface area contributed by atoms with Gasteiger partial charge in [0.25, 0.3) is 5.56 Å². The number of fused-ring (bicyclic) bond motifs is 1. The number of nitrogens with zero attached hydrogens (tertiary/aromatic N) is 2. The van der Waals surface area contributed by atoms with Crippen LogP contribution in [0.5, 0.6) is 0 Å². The first-order valence-corrected chi connectivity index (χ1v) is 9.98. The van der Waals surface area contributed by atoms with Gasteiger partial charge in [-0.1, -0.05) is 48.2 Å². The molecule has 8 heteroatoms. The standard InChI is InChI=1S/C19H14N4O2S2/c24-15(21-14-8-4-5-9-20-14)11-27-19-22-17(25)16-13(10-26-18(16)23-19)12-6-2-1-3-7-12/h1-10H,11H2,(H,20,21,24)(H,22,23,25). The van der Waals surface area contributed by atoms with E-state index in [0.717, 1.165) is 11.1 Å². The first kappa shape index (κ1) is 17.4. The van der Waals surface area contributed by atoms with Crippen LogP contribution in [0.15, 0.2) is 70.1 Å². The Kier molecular flexibility index (Phi) is 4.99. The Morgan fingerprint density at radius 2 is 1.96 bits per heavy atom. The molecule has 6 nitrogen and oxygen atoms in total. The van der Waals surface area contributed by atoms with Crippen molar-refractivity contribution in [2.24, 2.45) is 0 Å². The van der Waals surface area contributed by atoms with Gasteiger partial charge in [0.2, 0.25) is 5.91 Å². The highest BCUT2D eigenvalue weighted by molar-refractivity contribution is 7.99. The third-order valence-electron chi connectivity index (χ3n) is 3.78. The second-order valence-electron chi connectivity index (χ2n) is 5.62. The van der Waals surface area contributed by atoms with Crippen LogP contribution in [0, 0.1) is 0 Å². The number of nitrogens with one attached hydrogen (secondary N) is 2. The fourth-order valence-corrected chi connectivity index (χ4v) is 4.24. The van der Waals surface area contributed by atoms with Crippen molar-refractivity contribution < 1.29 is 4.79 Å². The van der Waals surface area contributed by atoms with Crippen LogP contribution < -0.4 is 10.9 Å². The average Bonchev–Trinajstić information content (AvgIpc) is 3.12. The van der Waals surface area contributed by atoms with Gasteiger partial charge >= 0.3 is 0 Å². The predicted molar refractivity (Wildman–Crippen MR) is 109 cm³/mol. The molecule has 1 amide bonds. The number of carbonyl (C=O) groups excluding carboxylic acids is 1. The van der Waals surface area contributed by atoms with E-state index in [1.165, 1.54) is 23.1 Å². The quantitative estimate of drug-likeness (QED) is 0.397. The van der Waals surface area contributed by atoms with Gasteiger partial charge in [0.15, 0.2) is 5.16 Å². The number of pyridine rings is 1. The Hall–Kier alpha value is -2.97. The summed E-state index contributed by atoms with van der Waals surface area (Å²) in [5, 5.41) is 5.64. The van der Waals surface area contributed by atoms with Gasteiger partial charge in [0.05, 0.1) is 11.1 Å². The summed E-state index contributed by atoms with van der Waals surface area (Å²) >= 11 is 2.60. The maximum absolute atomic E-state index is 12.6. The summed E-state index contributed by atoms with van der Waals surface area (Å²) in [6.45, 7) is 0. The molecule has 4 aromatic rings. The van der Waals surface area contributed by atoms with Gasteiger partial charge in [-0.25, -0.2) is 9.97 Å². The van der Waals surface area contributed by atoms with E-state index in [4.69, 9.17) is 0 Å². The molecule has 0 fully saturated rings. The van der Waals surface area contributed by atoms with Crippen LogP contribution in [0.25, 0.3) is 21.3 Å². The molecule has 27 heavy (non-hydrogen) atoms. The zero-order chi connectivity index (χ0) is 18.6. The highest BCUT2D eigenvalue weighted by Crippen LogP contribution is 2.31. The minimum Gasteiger partial charge on any atom is -0.310 e. The number of thioether (sulfide) groups is 1. The van der Waals surface area contributed by atoms with E-state index in [-0.39, 0.29) is 17.2 Å². The first-order chi connectivity index (χ1) is 13.2. The number of amides is 1. The number of H-pyrrole nitrogens is 1. The Balaban J connectivity index is 1.52. The molecule has 0 radical (unpaired) electrons. The van der Waals surface area contributed by atoms with Crippen LogP contribution in [-0.2, 0) is 4.79 Å². The van der Waals surface area contributed by atoms with Gasteiger partial charge in [-0.3, -0.25) is 9.59 Å². The van der Waals surface area contributed by atoms with Gasteiger partial charge in [0.1, 0.15) is 10.6 Å². The monoisotopic (exact) mass is 394 g/mol. The molecule has 3 heterocycles. The predicted octanol–water partition coefficient (Wildman–Crippen LogP) is 3.78. The lowest BCUT2D eigenvalue weighted by atomic mass is 10.1. The molecular formula is C19H14N4O2S2. The molecule has 0 saturated heterocycles. The Morgan fingerprint density at radius 3 is 2.74 bits per heavy atom. The van der Waals surface area contributed by atoms with Crippen molar-refractivity contribution in [2.75, 3.05) is 11.1 Å². The average molecular weight is 394 g/mol. The minimum atomic E-state index is -0.211. The van der Waals surface area contributed by atoms with E-state index in [9.17, 15) is 9.59 Å². The first-order valence-electron chi connectivity index (χ1n) is 8.11. The van der Waals surface area contributed by atoms with Crippen LogP contribution in [-0.4, -0.2) is 26.6 Å². The number of benzene rings is 1. The number of aromatic amines is 1. The lowest BCUT2D eigenvalue weighted by molar-refractivity contribution is -0.113. The molecule has 0 atom stereocenters. The van der Waals surface area contributed by atoms with E-state index >= 15 is 0 Å². The fraction of sp³-hybridized carbons (Fsp3) is 0.0526. The molecule has 0 bridgehead atoms. The van der Waals surface area contributed by atoms with Crippen molar-refractivity contribution in [3.63, 3.8) is 0 Å². The summed E-state index contributed by atoms with van der Waals surface area (Å²) in [6, 6.07) is 15.0. The highest BCUT2D eigenvalue weighted by Gasteiger charge is 2.14. The number of hydrogen-bond acceptors (Lipinski definition) is 6. The summed E-state index contributed by atoms with van der Waals surface area (Å²) in [6.07, 6.45) is 1.61. The fourth-order valence-electron chi connectivity index (χ4n) is 2.58. The molecule has 0 saturated carbocycles. The molecule has 0 aliphatic carbocycles. The normalized spacial score (nSPS) is 10.8. The van der Waals surface area contributed by atoms with Crippen LogP contribution in [0.2, 0.25) is 0 Å². The van der Waals surface area contributed by atoms with Crippen LogP contribution in [0.3, 0.4) is 0 Å². The molecular weight excluding hydrogens is 380 g/mol. The van der Waals surface area contributed by atoms with Crippen LogP contribution in [0.1, 0.15) is 0 Å². The van der Waals surface area contributed by atoms with Gasteiger partial charge in [-0.15, -0.1) is 11.3 Å². The van der Waals surface area contributed by atoms with Gasteiger partial charge in [-0.05, 0) is 17.7 Å². The molecule has 3 aromatic heterocycles. The molecule has 4 rings (SSSR count). The summed E-state index contributed by atoms with van der Waals surface area (Å²) < 4.78 is 0. The second kappa shape index (κ2) is 7.73. The van der Waals surface area contributed by atoms with Crippen LogP contribution >= 0.6 is 23.1 Å². The molecule has 0 aliphatic rings. The lowest BCUT2D eigenvalue weighted by Gasteiger charge is -2.04. The maximum atomic E-state index is 12.6. The number of aromatic nitrogens is 3. The van der Waals surface area contributed by atoms with E-state index < -0.39 is 0 Å². The molecule has 2 N–H and O–H groups in total.